The minimum Gasteiger partial charge on any atom is -0.310 e. The molecule has 0 radical (unpaired) electrons. The predicted molar refractivity (Wildman–Crippen MR) is 82.2 cm³/mol. The molecule has 0 heterocycles. The molecule has 0 saturated heterocycles. The van der Waals surface area contributed by atoms with E-state index >= 15 is 0 Å². The Morgan fingerprint density at radius 1 is 1.26 bits per heavy atom. The van der Waals surface area contributed by atoms with Crippen molar-refractivity contribution in [3.63, 3.8) is 0 Å². The summed E-state index contributed by atoms with van der Waals surface area (Å²) in [5.74, 6) is 0.529. The molecule has 5 heteroatoms. The maximum absolute atomic E-state index is 11.4. The van der Waals surface area contributed by atoms with Gasteiger partial charge >= 0.3 is 0 Å². The summed E-state index contributed by atoms with van der Waals surface area (Å²) in [7, 11) is -3.61. The topological polar surface area (TPSA) is 72.2 Å². The predicted octanol–water partition coefficient (Wildman–Crippen LogP) is 2.54. The molecule has 0 fully saturated rings. The van der Waals surface area contributed by atoms with E-state index in [0.717, 1.165) is 24.1 Å². The minimum atomic E-state index is -3.61. The molecule has 0 aliphatic rings. The summed E-state index contributed by atoms with van der Waals surface area (Å²) in [6.45, 7) is 12.7. The molecular weight excluding hydrogens is 260 g/mol. The Bertz CT molecular complexity index is 444. The van der Waals surface area contributed by atoms with Crippen LogP contribution in [0.4, 0.5) is 0 Å². The van der Waals surface area contributed by atoms with Crippen molar-refractivity contribution in [2.24, 2.45) is 11.1 Å². The Kier molecular flexibility index (Phi) is 7.55. The molecule has 0 aromatic carbocycles. The highest BCUT2D eigenvalue weighted by Crippen LogP contribution is 2.20. The van der Waals surface area contributed by atoms with Gasteiger partial charge in [0.2, 0.25) is 10.0 Å². The molecule has 3 N–H and O–H groups in total. The highest BCUT2D eigenvalue weighted by Gasteiger charge is 2.16. The van der Waals surface area contributed by atoms with Crippen molar-refractivity contribution in [3.8, 4) is 0 Å². The van der Waals surface area contributed by atoms with Crippen molar-refractivity contribution in [2.45, 2.75) is 54.0 Å². The van der Waals surface area contributed by atoms with Crippen LogP contribution in [0.1, 0.15) is 48.0 Å². The molecule has 4 nitrogen and oxygen atoms in total. The molecule has 0 amide bonds. The summed E-state index contributed by atoms with van der Waals surface area (Å²) < 4.78 is 22.7. The number of nitrogens with one attached hydrogen (secondary N) is 1. The van der Waals surface area contributed by atoms with Crippen molar-refractivity contribution in [3.05, 3.63) is 22.1 Å². The van der Waals surface area contributed by atoms with Gasteiger partial charge in [0, 0.05) is 6.04 Å². The summed E-state index contributed by atoms with van der Waals surface area (Å²) >= 11 is 0. The molecule has 0 aliphatic carbocycles. The van der Waals surface area contributed by atoms with Crippen LogP contribution in [0.2, 0.25) is 0 Å². The maximum Gasteiger partial charge on any atom is 0.233 e. The quantitative estimate of drug-likeness (QED) is 0.707. The molecular formula is C14H28N2O2S. The van der Waals surface area contributed by atoms with Crippen molar-refractivity contribution < 1.29 is 8.42 Å². The normalized spacial score (nSPS) is 14.6. The summed E-state index contributed by atoms with van der Waals surface area (Å²) in [6.07, 6.45) is 2.66. The monoisotopic (exact) mass is 288 g/mol. The van der Waals surface area contributed by atoms with Crippen LogP contribution in [0, 0.1) is 5.92 Å². The number of hydrogen-bond donors (Lipinski definition) is 2. The fourth-order valence-electron chi connectivity index (χ4n) is 1.93. The lowest BCUT2D eigenvalue weighted by Gasteiger charge is -2.23. The van der Waals surface area contributed by atoms with Gasteiger partial charge in [-0.3, -0.25) is 0 Å². The van der Waals surface area contributed by atoms with Gasteiger partial charge in [0.25, 0.3) is 0 Å². The number of primary sulfonamides is 1. The third-order valence-corrected chi connectivity index (χ3v) is 3.93. The van der Waals surface area contributed by atoms with E-state index in [1.54, 1.807) is 6.08 Å². The van der Waals surface area contributed by atoms with Crippen LogP contribution in [-0.4, -0.2) is 21.0 Å². The Morgan fingerprint density at radius 3 is 2.11 bits per heavy atom. The Morgan fingerprint density at radius 2 is 1.79 bits per heavy atom. The third kappa shape index (κ3) is 6.89. The maximum atomic E-state index is 11.4. The number of sulfonamides is 1. The highest BCUT2D eigenvalue weighted by atomic mass is 32.2. The molecule has 0 aromatic heterocycles. The lowest BCUT2D eigenvalue weighted by Crippen LogP contribution is -2.32. The van der Waals surface area contributed by atoms with Gasteiger partial charge in [-0.05, 0) is 51.3 Å². The van der Waals surface area contributed by atoms with Gasteiger partial charge in [-0.15, -0.1) is 0 Å². The summed E-state index contributed by atoms with van der Waals surface area (Å²) in [6, 6.07) is 0.159. The van der Waals surface area contributed by atoms with E-state index in [-0.39, 0.29) is 10.9 Å². The van der Waals surface area contributed by atoms with Crippen molar-refractivity contribution >= 4 is 10.0 Å². The van der Waals surface area contributed by atoms with Gasteiger partial charge in [0.1, 0.15) is 0 Å². The second-order valence-corrected chi connectivity index (χ2v) is 7.23. The number of likely N-dealkylation sites (N-methyl/N-ethyl adjacent to an activating group) is 1. The van der Waals surface area contributed by atoms with E-state index in [9.17, 15) is 8.42 Å². The molecule has 0 saturated carbocycles. The first kappa shape index (κ1) is 18.4. The van der Waals surface area contributed by atoms with Crippen LogP contribution >= 0.6 is 0 Å². The van der Waals surface area contributed by atoms with Gasteiger partial charge in [0.15, 0.2) is 0 Å². The first-order valence-electron chi connectivity index (χ1n) is 6.71. The van der Waals surface area contributed by atoms with E-state index < -0.39 is 10.0 Å². The van der Waals surface area contributed by atoms with Crippen molar-refractivity contribution in [1.82, 2.24) is 5.32 Å². The summed E-state index contributed by atoms with van der Waals surface area (Å²) in [4.78, 5) is 0.204. The molecule has 0 aromatic rings. The highest BCUT2D eigenvalue weighted by molar-refractivity contribution is 7.93. The van der Waals surface area contributed by atoms with Crippen LogP contribution in [0.25, 0.3) is 0 Å². The molecule has 1 unspecified atom stereocenters. The zero-order chi connectivity index (χ0) is 15.2. The molecule has 0 rings (SSSR count). The molecule has 1 atom stereocenters. The van der Waals surface area contributed by atoms with Crippen LogP contribution in [0.5, 0.6) is 0 Å². The first-order valence-corrected chi connectivity index (χ1v) is 8.26. The van der Waals surface area contributed by atoms with Crippen LogP contribution in [-0.2, 0) is 10.0 Å². The Balaban J connectivity index is 5.48. The summed E-state index contributed by atoms with van der Waals surface area (Å²) in [5.41, 5.74) is 2.12. The van der Waals surface area contributed by atoms with E-state index in [4.69, 9.17) is 5.14 Å². The van der Waals surface area contributed by atoms with Crippen LogP contribution in [0.3, 0.4) is 0 Å². The molecule has 19 heavy (non-hydrogen) atoms. The number of nitrogens with two attached hydrogens (primary N) is 1. The Hall–Kier alpha value is -0.650. The average Bonchev–Trinajstić information content (AvgIpc) is 2.22. The van der Waals surface area contributed by atoms with E-state index in [1.165, 1.54) is 6.92 Å². The Labute approximate surface area is 118 Å². The zero-order valence-corrected chi connectivity index (χ0v) is 13.8. The average molecular weight is 288 g/mol. The number of hydrogen-bond acceptors (Lipinski definition) is 3. The SMILES string of the molecule is CCNC(CC(C)C)C(C=C(C)S(N)(=O)=O)=C(C)C. The molecule has 0 aliphatic heterocycles. The number of rotatable bonds is 7. The van der Waals surface area contributed by atoms with Crippen molar-refractivity contribution in [2.75, 3.05) is 6.54 Å². The van der Waals surface area contributed by atoms with E-state index in [0.29, 0.717) is 5.92 Å². The first-order chi connectivity index (χ1) is 8.59. The third-order valence-electron chi connectivity index (χ3n) is 2.92. The van der Waals surface area contributed by atoms with E-state index in [1.807, 2.05) is 20.8 Å². The molecule has 112 valence electrons. The summed E-state index contributed by atoms with van der Waals surface area (Å²) in [5, 5.41) is 8.58. The minimum absolute atomic E-state index is 0.159. The van der Waals surface area contributed by atoms with Crippen LogP contribution in [0.15, 0.2) is 22.1 Å². The van der Waals surface area contributed by atoms with Gasteiger partial charge < -0.3 is 5.32 Å². The van der Waals surface area contributed by atoms with Gasteiger partial charge in [0.05, 0.1) is 4.91 Å². The molecule has 0 spiro atoms. The molecule has 0 bridgehead atoms. The van der Waals surface area contributed by atoms with Crippen molar-refractivity contribution in [1.29, 1.82) is 0 Å². The largest absolute Gasteiger partial charge is 0.310 e. The van der Waals surface area contributed by atoms with Crippen LogP contribution < -0.4 is 10.5 Å². The smallest absolute Gasteiger partial charge is 0.233 e. The van der Waals surface area contributed by atoms with Gasteiger partial charge in [-0.25, -0.2) is 13.6 Å². The van der Waals surface area contributed by atoms with Gasteiger partial charge in [-0.2, -0.15) is 0 Å². The fraction of sp³-hybridized carbons (Fsp3) is 0.714. The van der Waals surface area contributed by atoms with E-state index in [2.05, 4.69) is 19.2 Å². The lowest BCUT2D eigenvalue weighted by molar-refractivity contribution is 0.469. The lowest BCUT2D eigenvalue weighted by atomic mass is 9.93. The standard InChI is InChI=1S/C14H28N2O2S/c1-7-16-14(8-10(2)3)13(11(4)5)9-12(6)19(15,17)18/h9-10,14,16H,7-8H2,1-6H3,(H2,15,17,18). The van der Waals surface area contributed by atoms with Gasteiger partial charge in [-0.1, -0.05) is 26.3 Å². The number of allylic oxidation sites excluding steroid dienone is 2. The second-order valence-electron chi connectivity index (χ2n) is 5.50. The fourth-order valence-corrected chi connectivity index (χ4v) is 2.22. The second kappa shape index (κ2) is 7.82. The zero-order valence-electron chi connectivity index (χ0n) is 12.9.